The zero-order chi connectivity index (χ0) is 7.82. The fourth-order valence-corrected chi connectivity index (χ4v) is 0.313. The van der Waals surface area contributed by atoms with E-state index >= 15 is 0 Å². The van der Waals surface area contributed by atoms with Crippen molar-refractivity contribution in [3.05, 3.63) is 30.6 Å². The summed E-state index contributed by atoms with van der Waals surface area (Å²) in [5.74, 6) is 0. The summed E-state index contributed by atoms with van der Waals surface area (Å²) in [4.78, 5) is 3.78. The molecule has 54 valence electrons. The van der Waals surface area contributed by atoms with E-state index in [0.29, 0.717) is 0 Å². The molecule has 0 aliphatic heterocycles. The van der Waals surface area contributed by atoms with Gasteiger partial charge in [-0.1, -0.05) is 6.07 Å². The molecule has 0 unspecified atom stereocenters. The first kappa shape index (κ1) is 9.08. The Bertz CT molecular complexity index is 220. The molecule has 5 heteroatoms. The molecule has 0 N–H and O–H groups in total. The SMILES string of the molecule is [O]=[Cr](=[O])=[O].c1ccncc1. The van der Waals surface area contributed by atoms with Crippen molar-refractivity contribution in [3.8, 4) is 0 Å². The molecule has 0 radical (unpaired) electrons. The van der Waals surface area contributed by atoms with Crippen molar-refractivity contribution in [2.45, 2.75) is 0 Å². The fraction of sp³-hybridized carbons (Fsp3) is 0. The number of hydrogen-bond acceptors (Lipinski definition) is 4. The van der Waals surface area contributed by atoms with E-state index in [1.54, 1.807) is 12.4 Å². The van der Waals surface area contributed by atoms with E-state index in [4.69, 9.17) is 11.4 Å². The molecule has 0 bridgehead atoms. The van der Waals surface area contributed by atoms with Crippen molar-refractivity contribution < 1.29 is 25.4 Å². The van der Waals surface area contributed by atoms with Crippen LogP contribution in [0.3, 0.4) is 0 Å². The van der Waals surface area contributed by atoms with E-state index in [0.717, 1.165) is 0 Å². The molecule has 0 saturated carbocycles. The molecule has 4 nitrogen and oxygen atoms in total. The molecule has 1 aromatic heterocycles. The van der Waals surface area contributed by atoms with E-state index in [1.807, 2.05) is 18.2 Å². The van der Waals surface area contributed by atoms with E-state index < -0.39 is 14.0 Å². The van der Waals surface area contributed by atoms with Gasteiger partial charge in [0, 0.05) is 12.4 Å². The smallest absolute Gasteiger partial charge is 0.0267 e. The number of pyridine rings is 1. The van der Waals surface area contributed by atoms with Gasteiger partial charge in [0.25, 0.3) is 0 Å². The summed E-state index contributed by atoms with van der Waals surface area (Å²) in [6.07, 6.45) is 3.50. The Labute approximate surface area is 61.5 Å². The molecule has 10 heavy (non-hydrogen) atoms. The number of hydrogen-bond donors (Lipinski definition) is 0. The normalized spacial score (nSPS) is 7.20. The number of rotatable bonds is 0. The van der Waals surface area contributed by atoms with Crippen molar-refractivity contribution in [3.63, 3.8) is 0 Å². The maximum atomic E-state index is 8.54. The third kappa shape index (κ3) is 10.1. The fourth-order valence-electron chi connectivity index (χ4n) is 0.313. The minimum Gasteiger partial charge on any atom is -0.265 e. The van der Waals surface area contributed by atoms with E-state index in [9.17, 15) is 0 Å². The zero-order valence-corrected chi connectivity index (χ0v) is 6.24. The van der Waals surface area contributed by atoms with E-state index in [2.05, 4.69) is 4.98 Å². The molecular formula is C5H5CrNO3. The van der Waals surface area contributed by atoms with Crippen LogP contribution in [0, 0.1) is 0 Å². The van der Waals surface area contributed by atoms with Crippen LogP contribution in [-0.2, 0) is 25.4 Å². The van der Waals surface area contributed by atoms with Crippen LogP contribution in [-0.4, -0.2) is 4.98 Å². The molecule has 0 aliphatic rings. The molecule has 1 heterocycles. The van der Waals surface area contributed by atoms with Crippen molar-refractivity contribution in [2.24, 2.45) is 0 Å². The van der Waals surface area contributed by atoms with E-state index in [1.165, 1.54) is 0 Å². The average Bonchev–Trinajstić information content (AvgIpc) is 1.90. The van der Waals surface area contributed by atoms with Gasteiger partial charge in [0.2, 0.25) is 0 Å². The monoisotopic (exact) mass is 179 g/mol. The molecular weight excluding hydrogens is 174 g/mol. The number of nitrogens with zero attached hydrogens (tertiary/aromatic N) is 1. The van der Waals surface area contributed by atoms with Crippen molar-refractivity contribution in [1.82, 2.24) is 4.98 Å². The van der Waals surface area contributed by atoms with Gasteiger partial charge in [-0.05, 0) is 12.1 Å². The minimum absolute atomic E-state index is 1.75. The minimum atomic E-state index is -3.79. The standard InChI is InChI=1S/C5H5N.Cr.3O/c1-2-4-6-5-3-1;;;;/h1-5H;;;;. The zero-order valence-electron chi connectivity index (χ0n) is 4.97. The summed E-state index contributed by atoms with van der Waals surface area (Å²) in [7, 11) is 0. The average molecular weight is 179 g/mol. The molecule has 0 atom stereocenters. The first-order chi connectivity index (χ1) is 4.73. The van der Waals surface area contributed by atoms with Crippen molar-refractivity contribution in [2.75, 3.05) is 0 Å². The van der Waals surface area contributed by atoms with Gasteiger partial charge < -0.3 is 0 Å². The molecule has 1 aromatic rings. The first-order valence-corrected chi connectivity index (χ1v) is 3.91. The molecule has 0 aliphatic carbocycles. The third-order valence-electron chi connectivity index (χ3n) is 0.566. The van der Waals surface area contributed by atoms with Crippen LogP contribution in [0.25, 0.3) is 0 Å². The van der Waals surface area contributed by atoms with Crippen molar-refractivity contribution in [1.29, 1.82) is 0 Å². The summed E-state index contributed by atoms with van der Waals surface area (Å²) in [6.45, 7) is 0. The quantitative estimate of drug-likeness (QED) is 0.588. The van der Waals surface area contributed by atoms with E-state index in [-0.39, 0.29) is 0 Å². The molecule has 1 rings (SSSR count). The maximum Gasteiger partial charge on any atom is 0.0267 e. The van der Waals surface area contributed by atoms with Gasteiger partial charge in [-0.25, -0.2) is 0 Å². The maximum absolute atomic E-state index is 8.54. The Morgan fingerprint density at radius 3 is 1.40 bits per heavy atom. The Balaban J connectivity index is 0.000000180. The van der Waals surface area contributed by atoms with Gasteiger partial charge in [-0.2, -0.15) is 0 Å². The Morgan fingerprint density at radius 2 is 1.30 bits per heavy atom. The van der Waals surface area contributed by atoms with Crippen LogP contribution < -0.4 is 0 Å². The Kier molecular flexibility index (Phi) is 5.64. The van der Waals surface area contributed by atoms with Crippen LogP contribution in [0.4, 0.5) is 0 Å². The molecule has 0 saturated heterocycles. The summed E-state index contributed by atoms with van der Waals surface area (Å²) >= 11 is -3.79. The summed E-state index contributed by atoms with van der Waals surface area (Å²) < 4.78 is 25.6. The molecule has 0 amide bonds. The van der Waals surface area contributed by atoms with Crippen LogP contribution >= 0.6 is 0 Å². The van der Waals surface area contributed by atoms with Crippen LogP contribution in [0.15, 0.2) is 30.6 Å². The largest absolute Gasteiger partial charge is 0.265 e. The van der Waals surface area contributed by atoms with Crippen LogP contribution in [0.1, 0.15) is 0 Å². The van der Waals surface area contributed by atoms with Gasteiger partial charge in [0.1, 0.15) is 0 Å². The van der Waals surface area contributed by atoms with Crippen molar-refractivity contribution >= 4 is 0 Å². The van der Waals surface area contributed by atoms with Crippen LogP contribution in [0.2, 0.25) is 0 Å². The second kappa shape index (κ2) is 6.21. The predicted octanol–water partition coefficient (Wildman–Crippen LogP) is 0.723. The molecule has 0 fully saturated rings. The van der Waals surface area contributed by atoms with Gasteiger partial charge in [-0.3, -0.25) is 4.98 Å². The second-order valence-corrected chi connectivity index (χ2v) is 1.87. The summed E-state index contributed by atoms with van der Waals surface area (Å²) in [5, 5.41) is 0. The topological polar surface area (TPSA) is 64.1 Å². The Hall–Kier alpha value is -0.918. The van der Waals surface area contributed by atoms with Gasteiger partial charge in [0.05, 0.1) is 0 Å². The predicted molar refractivity (Wildman–Crippen MR) is 26.3 cm³/mol. The summed E-state index contributed by atoms with van der Waals surface area (Å²) in [5.41, 5.74) is 0. The van der Waals surface area contributed by atoms with Crippen LogP contribution in [0.5, 0.6) is 0 Å². The molecule has 0 spiro atoms. The van der Waals surface area contributed by atoms with Gasteiger partial charge in [-0.15, -0.1) is 0 Å². The number of aromatic nitrogens is 1. The molecule has 0 aromatic carbocycles. The Morgan fingerprint density at radius 1 is 0.900 bits per heavy atom. The van der Waals surface area contributed by atoms with Gasteiger partial charge in [0.15, 0.2) is 0 Å². The second-order valence-electron chi connectivity index (χ2n) is 1.23. The first-order valence-electron chi connectivity index (χ1n) is 2.35. The summed E-state index contributed by atoms with van der Waals surface area (Å²) in [6, 6.07) is 5.72. The third-order valence-corrected chi connectivity index (χ3v) is 0.566. The van der Waals surface area contributed by atoms with Gasteiger partial charge >= 0.3 is 25.4 Å².